The van der Waals surface area contributed by atoms with Crippen LogP contribution in [0.5, 0.6) is 0 Å². The van der Waals surface area contributed by atoms with Gasteiger partial charge in [-0.1, -0.05) is 26.0 Å². The van der Waals surface area contributed by atoms with Crippen molar-refractivity contribution in [1.29, 1.82) is 0 Å². The highest BCUT2D eigenvalue weighted by Gasteiger charge is 2.38. The Morgan fingerprint density at radius 1 is 1.05 bits per heavy atom. The predicted molar refractivity (Wildman–Crippen MR) is 140 cm³/mol. The minimum absolute atomic E-state index is 0.0650. The van der Waals surface area contributed by atoms with Crippen LogP contribution < -0.4 is 5.32 Å². The maximum absolute atomic E-state index is 12.3. The average molecular weight is 566 g/mol. The van der Waals surface area contributed by atoms with Gasteiger partial charge in [-0.3, -0.25) is 25.0 Å². The van der Waals surface area contributed by atoms with E-state index in [2.05, 4.69) is 19.9 Å². The van der Waals surface area contributed by atoms with Crippen molar-refractivity contribution in [2.45, 2.75) is 64.3 Å². The van der Waals surface area contributed by atoms with E-state index in [0.29, 0.717) is 17.8 Å². The third kappa shape index (κ3) is 8.90. The molecule has 0 spiro atoms. The van der Waals surface area contributed by atoms with Crippen LogP contribution in [-0.2, 0) is 20.9 Å². The highest BCUT2D eigenvalue weighted by Crippen LogP contribution is 2.33. The molecule has 0 bridgehead atoms. The summed E-state index contributed by atoms with van der Waals surface area (Å²) in [5, 5.41) is 9.76. The van der Waals surface area contributed by atoms with Gasteiger partial charge >= 0.3 is 18.2 Å². The smallest absolute Gasteiger partial charge is 0.475 e. The Morgan fingerprint density at radius 2 is 1.62 bits per heavy atom. The average Bonchev–Trinajstić information content (AvgIpc) is 3.77. The van der Waals surface area contributed by atoms with Gasteiger partial charge in [0, 0.05) is 48.9 Å². The van der Waals surface area contributed by atoms with Crippen molar-refractivity contribution in [3.63, 3.8) is 0 Å². The van der Waals surface area contributed by atoms with Gasteiger partial charge in [-0.05, 0) is 37.8 Å². The fourth-order valence-corrected chi connectivity index (χ4v) is 4.41. The molecule has 1 aromatic heterocycles. The SMILES string of the molecule is COC(=O)Nc1ccc(-c2cnc(CN(C3CC3)C3CCN(C(=O)C(C)C)CC3)cn2)cc1.O=C(O)C(F)(F)F. The van der Waals surface area contributed by atoms with E-state index in [9.17, 15) is 22.8 Å². The molecule has 2 fully saturated rings. The standard InChI is InChI=1S/C25H33N5O3.C2HF3O2/c1-17(2)24(31)29-12-10-22(11-13-29)30(21-8-9-21)16-20-14-27-23(15-26-20)18-4-6-19(7-5-18)28-25(32)33-3;3-2(4,5)1(6)7/h4-7,14-15,17,21-22H,8-13,16H2,1-3H3,(H,28,32);(H,6,7). The van der Waals surface area contributed by atoms with Gasteiger partial charge in [0.05, 0.1) is 30.9 Å². The van der Waals surface area contributed by atoms with Gasteiger partial charge in [-0.25, -0.2) is 9.59 Å². The van der Waals surface area contributed by atoms with Crippen LogP contribution in [0.15, 0.2) is 36.7 Å². The van der Waals surface area contributed by atoms with Gasteiger partial charge in [0.25, 0.3) is 0 Å². The summed E-state index contributed by atoms with van der Waals surface area (Å²) in [6.07, 6.45) is 2.61. The number of anilines is 1. The molecule has 1 saturated carbocycles. The van der Waals surface area contributed by atoms with E-state index >= 15 is 0 Å². The van der Waals surface area contributed by atoms with Crippen LogP contribution in [0.2, 0.25) is 0 Å². The van der Waals surface area contributed by atoms with E-state index in [0.717, 1.165) is 49.4 Å². The number of carbonyl (C=O) groups excluding carboxylic acids is 2. The predicted octanol–water partition coefficient (Wildman–Crippen LogP) is 4.57. The third-order valence-electron chi connectivity index (χ3n) is 6.66. The highest BCUT2D eigenvalue weighted by atomic mass is 19.4. The van der Waals surface area contributed by atoms with Crippen LogP contribution in [0.3, 0.4) is 0 Å². The Morgan fingerprint density at radius 3 is 2.08 bits per heavy atom. The number of alkyl halides is 3. The van der Waals surface area contributed by atoms with E-state index < -0.39 is 18.2 Å². The van der Waals surface area contributed by atoms with Crippen LogP contribution in [0.25, 0.3) is 11.3 Å². The minimum Gasteiger partial charge on any atom is -0.475 e. The lowest BCUT2D eigenvalue weighted by Gasteiger charge is -2.39. The van der Waals surface area contributed by atoms with Gasteiger partial charge < -0.3 is 14.7 Å². The number of benzene rings is 1. The lowest BCUT2D eigenvalue weighted by molar-refractivity contribution is -0.192. The molecule has 13 heteroatoms. The largest absolute Gasteiger partial charge is 0.490 e. The molecule has 10 nitrogen and oxygen atoms in total. The molecule has 2 aliphatic rings. The second-order valence-electron chi connectivity index (χ2n) is 10.0. The monoisotopic (exact) mass is 565 g/mol. The van der Waals surface area contributed by atoms with Crippen molar-refractivity contribution in [2.24, 2.45) is 5.92 Å². The number of carboxylic acids is 1. The van der Waals surface area contributed by atoms with Gasteiger partial charge in [0.2, 0.25) is 5.91 Å². The van der Waals surface area contributed by atoms with Gasteiger partial charge in [0.15, 0.2) is 0 Å². The molecular weight excluding hydrogens is 531 g/mol. The number of carboxylic acid groups (broad SMARTS) is 1. The van der Waals surface area contributed by atoms with E-state index in [1.807, 2.05) is 55.4 Å². The highest BCUT2D eigenvalue weighted by molar-refractivity contribution is 5.84. The van der Waals surface area contributed by atoms with Crippen LogP contribution in [0.4, 0.5) is 23.7 Å². The molecule has 2 heterocycles. The Bertz CT molecular complexity index is 1150. The fraction of sp³-hybridized carbons (Fsp3) is 0.519. The first-order chi connectivity index (χ1) is 18.9. The molecule has 2 amide bonds. The first-order valence-corrected chi connectivity index (χ1v) is 13.0. The zero-order valence-corrected chi connectivity index (χ0v) is 22.6. The van der Waals surface area contributed by atoms with Gasteiger partial charge in [0.1, 0.15) is 0 Å². The summed E-state index contributed by atoms with van der Waals surface area (Å²) in [7, 11) is 1.34. The van der Waals surface area contributed by atoms with Gasteiger partial charge in [-0.15, -0.1) is 0 Å². The minimum atomic E-state index is -5.08. The van der Waals surface area contributed by atoms with Crippen molar-refractivity contribution in [3.8, 4) is 11.3 Å². The number of methoxy groups -OCH3 is 1. The summed E-state index contributed by atoms with van der Waals surface area (Å²) >= 11 is 0. The number of hydrogen-bond donors (Lipinski definition) is 2. The molecule has 1 aliphatic carbocycles. The maximum Gasteiger partial charge on any atom is 0.490 e. The van der Waals surface area contributed by atoms with Crippen LogP contribution in [0, 0.1) is 5.92 Å². The molecule has 0 radical (unpaired) electrons. The van der Waals surface area contributed by atoms with Crippen LogP contribution in [-0.4, -0.2) is 81.3 Å². The molecule has 4 rings (SSSR count). The molecule has 1 aliphatic heterocycles. The molecule has 40 heavy (non-hydrogen) atoms. The molecule has 2 N–H and O–H groups in total. The van der Waals surface area contributed by atoms with Crippen molar-refractivity contribution in [3.05, 3.63) is 42.4 Å². The van der Waals surface area contributed by atoms with Crippen molar-refractivity contribution in [1.82, 2.24) is 19.8 Å². The number of nitrogens with zero attached hydrogens (tertiary/aromatic N) is 4. The van der Waals surface area contributed by atoms with Crippen molar-refractivity contribution < 1.29 is 37.4 Å². The first kappa shape index (κ1) is 30.8. The molecule has 0 atom stereocenters. The molecule has 0 unspecified atom stereocenters. The molecule has 1 saturated heterocycles. The van der Waals surface area contributed by atoms with Crippen molar-refractivity contribution in [2.75, 3.05) is 25.5 Å². The Balaban J connectivity index is 0.000000559. The van der Waals surface area contributed by atoms with E-state index in [-0.39, 0.29) is 11.8 Å². The fourth-order valence-electron chi connectivity index (χ4n) is 4.41. The normalized spacial score (nSPS) is 15.8. The lowest BCUT2D eigenvalue weighted by atomic mass is 10.0. The third-order valence-corrected chi connectivity index (χ3v) is 6.66. The molecule has 1 aromatic carbocycles. The number of aromatic nitrogens is 2. The number of nitrogens with one attached hydrogen (secondary N) is 1. The number of piperidine rings is 1. The lowest BCUT2D eigenvalue weighted by Crippen LogP contribution is -2.48. The number of carbonyl (C=O) groups is 3. The Hall–Kier alpha value is -3.74. The van der Waals surface area contributed by atoms with E-state index in [1.54, 1.807) is 0 Å². The first-order valence-electron chi connectivity index (χ1n) is 13.0. The molecule has 218 valence electrons. The molecular formula is C27H34F3N5O5. The number of hydrogen-bond acceptors (Lipinski definition) is 7. The molecule has 2 aromatic rings. The van der Waals surface area contributed by atoms with Crippen LogP contribution in [0.1, 0.15) is 45.2 Å². The Kier molecular flexibility index (Phi) is 10.4. The summed E-state index contributed by atoms with van der Waals surface area (Å²) in [5.41, 5.74) is 3.36. The van der Waals surface area contributed by atoms with Crippen molar-refractivity contribution >= 4 is 23.7 Å². The second-order valence-corrected chi connectivity index (χ2v) is 10.0. The number of amides is 2. The quantitative estimate of drug-likeness (QED) is 0.501. The second kappa shape index (κ2) is 13.6. The topological polar surface area (TPSA) is 125 Å². The summed E-state index contributed by atoms with van der Waals surface area (Å²) < 4.78 is 36.3. The summed E-state index contributed by atoms with van der Waals surface area (Å²) in [4.78, 5) is 46.5. The summed E-state index contributed by atoms with van der Waals surface area (Å²) in [6, 6.07) is 8.54. The summed E-state index contributed by atoms with van der Waals surface area (Å²) in [6.45, 7) is 6.43. The van der Waals surface area contributed by atoms with E-state index in [1.165, 1.54) is 20.0 Å². The van der Waals surface area contributed by atoms with Gasteiger partial charge in [-0.2, -0.15) is 13.2 Å². The number of rotatable bonds is 7. The summed E-state index contributed by atoms with van der Waals surface area (Å²) in [5.74, 6) is -2.43. The number of aliphatic carboxylic acids is 1. The number of ether oxygens (including phenoxy) is 1. The number of halogens is 3. The van der Waals surface area contributed by atoms with E-state index in [4.69, 9.17) is 14.9 Å². The zero-order chi connectivity index (χ0) is 29.4. The maximum atomic E-state index is 12.3. The zero-order valence-electron chi connectivity index (χ0n) is 22.6. The number of likely N-dealkylation sites (tertiary alicyclic amines) is 1. The Labute approximate surface area is 230 Å². The van der Waals surface area contributed by atoms with Crippen LogP contribution >= 0.6 is 0 Å².